The molecule has 92 valence electrons. The Morgan fingerprint density at radius 1 is 1.22 bits per heavy atom. The number of rotatable bonds is 2. The molecule has 2 aromatic carbocycles. The van der Waals surface area contributed by atoms with Gasteiger partial charge in [0.05, 0.1) is 0 Å². The molecule has 0 fully saturated rings. The minimum atomic E-state index is -0.134. The van der Waals surface area contributed by atoms with Crippen molar-refractivity contribution in [1.29, 1.82) is 0 Å². The third kappa shape index (κ3) is 3.23. The molecule has 0 radical (unpaired) electrons. The number of amides is 1. The summed E-state index contributed by atoms with van der Waals surface area (Å²) in [5.74, 6) is -0.134. The van der Waals surface area contributed by atoms with Gasteiger partial charge in [0, 0.05) is 25.0 Å². The normalized spacial score (nSPS) is 10.1. The van der Waals surface area contributed by atoms with Crippen LogP contribution in [-0.2, 0) is 0 Å². The van der Waals surface area contributed by atoms with Gasteiger partial charge in [-0.25, -0.2) is 0 Å². The molecular formula is C13H10BrIN2O. The highest BCUT2D eigenvalue weighted by Crippen LogP contribution is 2.23. The average Bonchev–Trinajstić information content (AvgIpc) is 2.34. The van der Waals surface area contributed by atoms with Gasteiger partial charge in [0.25, 0.3) is 5.91 Å². The molecule has 0 heterocycles. The highest BCUT2D eigenvalue weighted by Gasteiger charge is 2.07. The van der Waals surface area contributed by atoms with Crippen molar-refractivity contribution in [1.82, 2.24) is 0 Å². The topological polar surface area (TPSA) is 55.1 Å². The molecule has 0 unspecified atom stereocenters. The summed E-state index contributed by atoms with van der Waals surface area (Å²) >= 11 is 5.50. The third-order valence-corrected chi connectivity index (χ3v) is 3.70. The number of carbonyl (C=O) groups is 1. The summed E-state index contributed by atoms with van der Waals surface area (Å²) in [6.07, 6.45) is 0. The number of anilines is 2. The lowest BCUT2D eigenvalue weighted by molar-refractivity contribution is 0.102. The number of carbonyl (C=O) groups excluding carboxylic acids is 1. The molecule has 3 N–H and O–H groups in total. The third-order valence-electron chi connectivity index (χ3n) is 2.35. The second kappa shape index (κ2) is 5.71. The Bertz CT molecular complexity index is 601. The molecule has 0 saturated carbocycles. The lowest BCUT2D eigenvalue weighted by Gasteiger charge is -2.07. The highest BCUT2D eigenvalue weighted by atomic mass is 127. The first kappa shape index (κ1) is 13.4. The molecule has 0 aliphatic carbocycles. The maximum Gasteiger partial charge on any atom is 0.255 e. The first-order chi connectivity index (χ1) is 8.56. The monoisotopic (exact) mass is 416 g/mol. The van der Waals surface area contributed by atoms with Gasteiger partial charge in [-0.3, -0.25) is 4.79 Å². The molecule has 0 atom stereocenters. The fraction of sp³-hybridized carbons (Fsp3) is 0. The van der Waals surface area contributed by atoms with Crippen molar-refractivity contribution in [2.45, 2.75) is 0 Å². The van der Waals surface area contributed by atoms with Crippen LogP contribution in [0.1, 0.15) is 10.4 Å². The van der Waals surface area contributed by atoms with Crippen molar-refractivity contribution in [2.75, 3.05) is 11.1 Å². The Hall–Kier alpha value is -1.08. The second-order valence-corrected chi connectivity index (χ2v) is 5.80. The molecule has 2 aromatic rings. The zero-order chi connectivity index (χ0) is 13.1. The quantitative estimate of drug-likeness (QED) is 0.576. The molecule has 5 heteroatoms. The predicted octanol–water partition coefficient (Wildman–Crippen LogP) is 3.89. The van der Waals surface area contributed by atoms with Gasteiger partial charge in [-0.1, -0.05) is 6.07 Å². The molecular weight excluding hydrogens is 407 g/mol. The Morgan fingerprint density at radius 2 is 2.00 bits per heavy atom. The molecule has 0 aliphatic rings. The van der Waals surface area contributed by atoms with Crippen LogP contribution in [0, 0.1) is 3.57 Å². The van der Waals surface area contributed by atoms with E-state index in [1.807, 2.05) is 18.2 Å². The lowest BCUT2D eigenvalue weighted by Crippen LogP contribution is -2.12. The summed E-state index contributed by atoms with van der Waals surface area (Å²) in [5, 5.41) is 2.83. The van der Waals surface area contributed by atoms with Gasteiger partial charge in [-0.15, -0.1) is 0 Å². The molecule has 18 heavy (non-hydrogen) atoms. The molecule has 2 rings (SSSR count). The van der Waals surface area contributed by atoms with Crippen LogP contribution in [-0.4, -0.2) is 5.91 Å². The molecule has 1 amide bonds. The molecule has 0 bridgehead atoms. The van der Waals surface area contributed by atoms with E-state index >= 15 is 0 Å². The summed E-state index contributed by atoms with van der Waals surface area (Å²) in [7, 11) is 0. The van der Waals surface area contributed by atoms with Crippen LogP contribution in [0.4, 0.5) is 11.4 Å². The van der Waals surface area contributed by atoms with Gasteiger partial charge in [0.2, 0.25) is 0 Å². The Labute approximate surface area is 127 Å². The fourth-order valence-corrected chi connectivity index (χ4v) is 2.36. The number of nitrogen functional groups attached to an aromatic ring is 1. The minimum absolute atomic E-state index is 0.134. The standard InChI is InChI=1S/C13H10BrIN2O/c14-11-7-10(4-5-12(11)16)17-13(18)8-2-1-3-9(15)6-8/h1-7H,16H2,(H,17,18). The van der Waals surface area contributed by atoms with Gasteiger partial charge >= 0.3 is 0 Å². The van der Waals surface area contributed by atoms with Gasteiger partial charge in [-0.2, -0.15) is 0 Å². The van der Waals surface area contributed by atoms with E-state index in [1.165, 1.54) is 0 Å². The van der Waals surface area contributed by atoms with Gasteiger partial charge in [0.15, 0.2) is 0 Å². The van der Waals surface area contributed by atoms with Gasteiger partial charge in [0.1, 0.15) is 0 Å². The van der Waals surface area contributed by atoms with E-state index < -0.39 is 0 Å². The smallest absolute Gasteiger partial charge is 0.255 e. The summed E-state index contributed by atoms with van der Waals surface area (Å²) in [6.45, 7) is 0. The molecule has 0 aliphatic heterocycles. The van der Waals surface area contributed by atoms with E-state index in [4.69, 9.17) is 5.73 Å². The number of nitrogens with two attached hydrogens (primary N) is 1. The molecule has 0 aromatic heterocycles. The van der Waals surface area contributed by atoms with Gasteiger partial charge < -0.3 is 11.1 Å². The Balaban J connectivity index is 2.18. The number of nitrogens with one attached hydrogen (secondary N) is 1. The van der Waals surface area contributed by atoms with E-state index in [-0.39, 0.29) is 5.91 Å². The maximum absolute atomic E-state index is 12.0. The van der Waals surface area contributed by atoms with Crippen LogP contribution < -0.4 is 11.1 Å². The van der Waals surface area contributed by atoms with Crippen LogP contribution in [0.2, 0.25) is 0 Å². The molecule has 3 nitrogen and oxygen atoms in total. The van der Waals surface area contributed by atoms with E-state index in [0.29, 0.717) is 16.9 Å². The second-order valence-electron chi connectivity index (χ2n) is 3.70. The first-order valence-corrected chi connectivity index (χ1v) is 7.05. The molecule has 0 spiro atoms. The number of hydrogen-bond acceptors (Lipinski definition) is 2. The van der Waals surface area contributed by atoms with Crippen LogP contribution in [0.3, 0.4) is 0 Å². The maximum atomic E-state index is 12.0. The van der Waals surface area contributed by atoms with E-state index in [1.54, 1.807) is 24.3 Å². The van der Waals surface area contributed by atoms with Crippen LogP contribution >= 0.6 is 38.5 Å². The van der Waals surface area contributed by atoms with Crippen LogP contribution in [0.15, 0.2) is 46.9 Å². The number of hydrogen-bond donors (Lipinski definition) is 2. The number of halogens is 2. The highest BCUT2D eigenvalue weighted by molar-refractivity contribution is 14.1. The summed E-state index contributed by atoms with van der Waals surface area (Å²) in [4.78, 5) is 12.0. The predicted molar refractivity (Wildman–Crippen MR) is 85.7 cm³/mol. The Kier molecular flexibility index (Phi) is 4.23. The SMILES string of the molecule is Nc1ccc(NC(=O)c2cccc(I)c2)cc1Br. The number of benzene rings is 2. The van der Waals surface area contributed by atoms with Crippen molar-refractivity contribution < 1.29 is 4.79 Å². The van der Waals surface area contributed by atoms with Crippen molar-refractivity contribution in [2.24, 2.45) is 0 Å². The van der Waals surface area contributed by atoms with Crippen LogP contribution in [0.25, 0.3) is 0 Å². The van der Waals surface area contributed by atoms with Crippen LogP contribution in [0.5, 0.6) is 0 Å². The summed E-state index contributed by atoms with van der Waals surface area (Å²) in [6, 6.07) is 12.7. The van der Waals surface area contributed by atoms with Crippen molar-refractivity contribution in [3.05, 3.63) is 56.1 Å². The van der Waals surface area contributed by atoms with E-state index in [9.17, 15) is 4.79 Å². The van der Waals surface area contributed by atoms with Crippen molar-refractivity contribution in [3.8, 4) is 0 Å². The van der Waals surface area contributed by atoms with Gasteiger partial charge in [-0.05, 0) is 74.9 Å². The average molecular weight is 417 g/mol. The largest absolute Gasteiger partial charge is 0.398 e. The lowest BCUT2D eigenvalue weighted by atomic mass is 10.2. The van der Waals surface area contributed by atoms with Crippen molar-refractivity contribution in [3.63, 3.8) is 0 Å². The van der Waals surface area contributed by atoms with E-state index in [2.05, 4.69) is 43.8 Å². The molecule has 0 saturated heterocycles. The zero-order valence-corrected chi connectivity index (χ0v) is 13.0. The first-order valence-electron chi connectivity index (χ1n) is 5.18. The summed E-state index contributed by atoms with van der Waals surface area (Å²) < 4.78 is 1.79. The van der Waals surface area contributed by atoms with Crippen molar-refractivity contribution >= 4 is 55.8 Å². The summed E-state index contributed by atoms with van der Waals surface area (Å²) in [5.41, 5.74) is 7.67. The Morgan fingerprint density at radius 3 is 2.67 bits per heavy atom. The van der Waals surface area contributed by atoms with E-state index in [0.717, 1.165) is 8.04 Å². The minimum Gasteiger partial charge on any atom is -0.398 e. The zero-order valence-electron chi connectivity index (χ0n) is 9.28. The fourth-order valence-electron chi connectivity index (χ4n) is 1.44.